The molecule has 0 aliphatic rings. The first-order valence-corrected chi connectivity index (χ1v) is 21.5. The minimum atomic E-state index is -1.05. The second-order valence-electron chi connectivity index (χ2n) is 16.4. The highest BCUT2D eigenvalue weighted by atomic mass is 16.6. The average Bonchev–Trinajstić information content (AvgIpc) is 3.14. The molecule has 0 unspecified atom stereocenters. The highest BCUT2D eigenvalue weighted by Crippen LogP contribution is 2.17. The van der Waals surface area contributed by atoms with E-state index in [1.165, 1.54) is 51.4 Å². The molecule has 0 saturated heterocycles. The van der Waals surface area contributed by atoms with Gasteiger partial charge in [0.1, 0.15) is 36.6 Å². The van der Waals surface area contributed by atoms with Crippen LogP contribution in [0, 0.1) is 0 Å². The molecule has 3 amide bonds. The topological polar surface area (TPSA) is 214 Å². The van der Waals surface area contributed by atoms with Crippen LogP contribution in [0.1, 0.15) is 151 Å². The molecule has 0 aliphatic carbocycles. The number of unbranched alkanes of at least 4 members (excludes halogenated alkanes) is 13. The standard InChI is InChI=1S/C43H77N3O13/c1-42(2,3)58-38(46-36(48)21-19-17-15-13-11-9-7-8-10-12-14-16-18-20-22-40(52)59-43(4,5)6)31-35(32-47)41(53)45-24-26-55-27-29-56-33-37(49)44-23-25-54-28-30-57-34-39(50)51/h38H,7-31,33-34H2,1-6H3,(H,44,49)(H,45,53)(H,46,48)(H,50,51)/t38-/m0/s1. The monoisotopic (exact) mass is 844 g/mol. The first-order valence-electron chi connectivity index (χ1n) is 21.5. The number of nitrogens with one attached hydrogen (secondary N) is 3. The quantitative estimate of drug-likeness (QED) is 0.0203. The Hall–Kier alpha value is -3.40. The first-order chi connectivity index (χ1) is 28.0. The molecule has 0 rings (SSSR count). The molecule has 0 aromatic heterocycles. The lowest BCUT2D eigenvalue weighted by Crippen LogP contribution is -2.43. The summed E-state index contributed by atoms with van der Waals surface area (Å²) < 4.78 is 32.0. The van der Waals surface area contributed by atoms with Crippen LogP contribution in [0.5, 0.6) is 0 Å². The SMILES string of the molecule is CC(C)(C)OC(=O)CCCCCCCCCCCCCCCCC(=O)N[C@H](CC(=C=O)C(=O)NCCOCCOCC(=O)NCCOCCOCC(=O)O)OC(C)(C)C. The molecule has 1 atom stereocenters. The van der Waals surface area contributed by atoms with Gasteiger partial charge in [0.05, 0.1) is 45.2 Å². The van der Waals surface area contributed by atoms with Crippen molar-refractivity contribution in [2.45, 2.75) is 168 Å². The number of carboxylic acid groups (broad SMARTS) is 1. The molecule has 0 saturated carbocycles. The molecule has 16 heteroatoms. The number of ether oxygens (including phenoxy) is 6. The van der Waals surface area contributed by atoms with Crippen molar-refractivity contribution >= 4 is 35.6 Å². The van der Waals surface area contributed by atoms with Crippen LogP contribution in [0.2, 0.25) is 0 Å². The maximum absolute atomic E-state index is 12.8. The molecule has 342 valence electrons. The van der Waals surface area contributed by atoms with Gasteiger partial charge in [-0.3, -0.25) is 19.2 Å². The number of hydrogen-bond donors (Lipinski definition) is 4. The van der Waals surface area contributed by atoms with E-state index in [4.69, 9.17) is 33.5 Å². The minimum absolute atomic E-state index is 0.102. The van der Waals surface area contributed by atoms with Gasteiger partial charge in [-0.2, -0.15) is 0 Å². The van der Waals surface area contributed by atoms with Crippen molar-refractivity contribution in [3.63, 3.8) is 0 Å². The van der Waals surface area contributed by atoms with Crippen LogP contribution < -0.4 is 16.0 Å². The molecule has 0 spiro atoms. The Labute approximate surface area is 352 Å². The van der Waals surface area contributed by atoms with E-state index in [2.05, 4.69) is 16.0 Å². The average molecular weight is 844 g/mol. The highest BCUT2D eigenvalue weighted by molar-refractivity contribution is 6.00. The van der Waals surface area contributed by atoms with E-state index in [1.807, 2.05) is 41.5 Å². The molecule has 0 heterocycles. The lowest BCUT2D eigenvalue weighted by molar-refractivity contribution is -0.155. The van der Waals surface area contributed by atoms with E-state index in [0.717, 1.165) is 38.5 Å². The third-order valence-electron chi connectivity index (χ3n) is 8.36. The van der Waals surface area contributed by atoms with Crippen LogP contribution in [0.25, 0.3) is 0 Å². The number of carboxylic acids is 1. The van der Waals surface area contributed by atoms with Gasteiger partial charge in [-0.1, -0.05) is 77.0 Å². The van der Waals surface area contributed by atoms with Crippen molar-refractivity contribution in [1.82, 2.24) is 16.0 Å². The Kier molecular flexibility index (Phi) is 33.3. The third-order valence-corrected chi connectivity index (χ3v) is 8.36. The normalized spacial score (nSPS) is 12.0. The number of rotatable bonds is 38. The van der Waals surface area contributed by atoms with E-state index < -0.39 is 29.3 Å². The molecule has 0 aliphatic heterocycles. The van der Waals surface area contributed by atoms with Gasteiger partial charge in [0.15, 0.2) is 0 Å². The van der Waals surface area contributed by atoms with E-state index in [0.29, 0.717) is 12.8 Å². The fourth-order valence-corrected chi connectivity index (χ4v) is 5.66. The summed E-state index contributed by atoms with van der Waals surface area (Å²) in [7, 11) is 0. The molecule has 59 heavy (non-hydrogen) atoms. The zero-order valence-electron chi connectivity index (χ0n) is 37.0. The summed E-state index contributed by atoms with van der Waals surface area (Å²) in [6.45, 7) is 12.0. The Morgan fingerprint density at radius 2 is 1.02 bits per heavy atom. The molecular formula is C43H77N3O13. The van der Waals surface area contributed by atoms with Crippen LogP contribution in [-0.2, 0) is 57.2 Å². The number of carbonyl (C=O) groups is 5. The third kappa shape index (κ3) is 39.8. The van der Waals surface area contributed by atoms with Crippen LogP contribution in [-0.4, -0.2) is 124 Å². The van der Waals surface area contributed by atoms with Gasteiger partial charge in [-0.05, 0) is 54.4 Å². The molecule has 0 aromatic carbocycles. The van der Waals surface area contributed by atoms with Crippen LogP contribution >= 0.6 is 0 Å². The zero-order chi connectivity index (χ0) is 44.2. The predicted molar refractivity (Wildman–Crippen MR) is 223 cm³/mol. The highest BCUT2D eigenvalue weighted by Gasteiger charge is 2.25. The van der Waals surface area contributed by atoms with Crippen LogP contribution in [0.15, 0.2) is 5.57 Å². The number of aliphatic carboxylic acids is 1. The fraction of sp³-hybridized carbons (Fsp3) is 0.837. The molecular weight excluding hydrogens is 766 g/mol. The van der Waals surface area contributed by atoms with E-state index >= 15 is 0 Å². The van der Waals surface area contributed by atoms with Crippen molar-refractivity contribution in [3.8, 4) is 0 Å². The predicted octanol–water partition coefficient (Wildman–Crippen LogP) is 5.36. The maximum Gasteiger partial charge on any atom is 0.329 e. The van der Waals surface area contributed by atoms with Gasteiger partial charge in [-0.25, -0.2) is 9.59 Å². The summed E-state index contributed by atoms with van der Waals surface area (Å²) >= 11 is 0. The Morgan fingerprint density at radius 1 is 0.559 bits per heavy atom. The largest absolute Gasteiger partial charge is 0.480 e. The summed E-state index contributed by atoms with van der Waals surface area (Å²) in [5.41, 5.74) is -1.23. The van der Waals surface area contributed by atoms with Crippen molar-refractivity contribution in [3.05, 3.63) is 5.57 Å². The van der Waals surface area contributed by atoms with Gasteiger partial charge in [-0.15, -0.1) is 0 Å². The van der Waals surface area contributed by atoms with Gasteiger partial charge >= 0.3 is 11.9 Å². The summed E-state index contributed by atoms with van der Waals surface area (Å²) in [5.74, 6) is -0.633. The molecule has 0 fully saturated rings. The summed E-state index contributed by atoms with van der Waals surface area (Å²) in [6.07, 6.45) is 15.5. The first kappa shape index (κ1) is 55.6. The summed E-state index contributed by atoms with van der Waals surface area (Å²) in [6, 6.07) is 0. The smallest absolute Gasteiger partial charge is 0.329 e. The number of hydrogen-bond acceptors (Lipinski definition) is 12. The Bertz CT molecular complexity index is 1210. The second-order valence-corrected chi connectivity index (χ2v) is 16.4. The second kappa shape index (κ2) is 35.4. The van der Waals surface area contributed by atoms with E-state index in [1.54, 1.807) is 5.94 Å². The van der Waals surface area contributed by atoms with Gasteiger partial charge in [0.2, 0.25) is 11.8 Å². The summed E-state index contributed by atoms with van der Waals surface area (Å²) in [5, 5.41) is 16.5. The van der Waals surface area contributed by atoms with Crippen molar-refractivity contribution in [1.29, 1.82) is 0 Å². The number of carbonyl (C=O) groups excluding carboxylic acids is 5. The van der Waals surface area contributed by atoms with Crippen LogP contribution in [0.3, 0.4) is 0 Å². The van der Waals surface area contributed by atoms with Gasteiger partial charge in [0, 0.05) is 32.4 Å². The lowest BCUT2D eigenvalue weighted by atomic mass is 10.0. The fourth-order valence-electron chi connectivity index (χ4n) is 5.66. The Morgan fingerprint density at radius 3 is 1.49 bits per heavy atom. The Balaban J connectivity index is 4.05. The zero-order valence-corrected chi connectivity index (χ0v) is 37.0. The number of amides is 3. The lowest BCUT2D eigenvalue weighted by Gasteiger charge is -2.28. The molecule has 16 nitrogen and oxygen atoms in total. The molecule has 0 aromatic rings. The summed E-state index contributed by atoms with van der Waals surface area (Å²) in [4.78, 5) is 71.1. The van der Waals surface area contributed by atoms with Crippen LogP contribution in [0.4, 0.5) is 0 Å². The maximum atomic E-state index is 12.8. The minimum Gasteiger partial charge on any atom is -0.480 e. The molecule has 4 N–H and O–H groups in total. The van der Waals surface area contributed by atoms with E-state index in [9.17, 15) is 28.8 Å². The van der Waals surface area contributed by atoms with Crippen molar-refractivity contribution in [2.24, 2.45) is 0 Å². The van der Waals surface area contributed by atoms with Gasteiger partial charge in [0.25, 0.3) is 5.91 Å². The molecule has 0 bridgehead atoms. The number of esters is 1. The van der Waals surface area contributed by atoms with Gasteiger partial charge < -0.3 is 49.5 Å². The van der Waals surface area contributed by atoms with Crippen molar-refractivity contribution < 1.29 is 62.3 Å². The molecule has 0 radical (unpaired) electrons. The van der Waals surface area contributed by atoms with Crippen molar-refractivity contribution in [2.75, 3.05) is 65.9 Å². The van der Waals surface area contributed by atoms with E-state index in [-0.39, 0.29) is 95.7 Å².